The molecule has 3 nitrogen and oxygen atoms in total. The Bertz CT molecular complexity index is 136. The van der Waals surface area contributed by atoms with Crippen molar-refractivity contribution >= 4 is 7.71 Å². The van der Waals surface area contributed by atoms with Gasteiger partial charge in [-0.25, -0.2) is 0 Å². The third-order valence-electron chi connectivity index (χ3n) is 3.01. The molecule has 0 unspecified atom stereocenters. The van der Waals surface area contributed by atoms with Crippen molar-refractivity contribution < 1.29 is 0 Å². The van der Waals surface area contributed by atoms with Gasteiger partial charge in [0.2, 0.25) is 0 Å². The Morgan fingerprint density at radius 3 is 1.36 bits per heavy atom. The minimum atomic E-state index is -1.55. The van der Waals surface area contributed by atoms with Gasteiger partial charge >= 0.3 is 89.9 Å². The van der Waals surface area contributed by atoms with Crippen LogP contribution in [0.25, 0.3) is 0 Å². The molecule has 0 aliphatic rings. The molecule has 0 fully saturated rings. The second-order valence-electron chi connectivity index (χ2n) is 4.56. The van der Waals surface area contributed by atoms with Crippen LogP contribution in [0.5, 0.6) is 0 Å². The SMILES string of the molecule is CCCC[PH](N(C)C)(N(C)C)N(C)C. The number of rotatable bonds is 6. The molecule has 0 aliphatic carbocycles. The third-order valence-corrected chi connectivity index (χ3v) is 8.34. The van der Waals surface area contributed by atoms with Gasteiger partial charge in [-0.15, -0.1) is 0 Å². The predicted octanol–water partition coefficient (Wildman–Crippen LogP) is 1.97. The predicted molar refractivity (Wildman–Crippen MR) is 69.2 cm³/mol. The van der Waals surface area contributed by atoms with E-state index in [4.69, 9.17) is 0 Å². The van der Waals surface area contributed by atoms with Gasteiger partial charge in [-0.1, -0.05) is 0 Å². The van der Waals surface area contributed by atoms with E-state index in [1.165, 1.54) is 19.0 Å². The molecule has 0 saturated heterocycles. The summed E-state index contributed by atoms with van der Waals surface area (Å²) in [5.74, 6) is 0. The summed E-state index contributed by atoms with van der Waals surface area (Å²) in [7, 11) is 11.7. The Morgan fingerprint density at radius 1 is 0.786 bits per heavy atom. The molecule has 0 aromatic rings. The molecule has 0 heterocycles. The second-order valence-corrected chi connectivity index (χ2v) is 9.29. The van der Waals surface area contributed by atoms with Crippen LogP contribution < -0.4 is 0 Å². The van der Waals surface area contributed by atoms with E-state index in [0.29, 0.717) is 0 Å². The van der Waals surface area contributed by atoms with E-state index in [1.807, 2.05) is 0 Å². The quantitative estimate of drug-likeness (QED) is 0.635. The summed E-state index contributed by atoms with van der Waals surface area (Å²) in [6, 6.07) is 0. The molecule has 0 aromatic heterocycles. The molecule has 0 atom stereocenters. The first-order valence-corrected chi connectivity index (χ1v) is 7.46. The van der Waals surface area contributed by atoms with E-state index in [1.54, 1.807) is 0 Å². The summed E-state index contributed by atoms with van der Waals surface area (Å²) < 4.78 is 7.30. The number of hydrogen-bond donors (Lipinski definition) is 0. The number of unbranched alkanes of at least 4 members (excludes halogenated alkanes) is 1. The van der Waals surface area contributed by atoms with Crippen LogP contribution in [-0.4, -0.2) is 62.5 Å². The zero-order chi connectivity index (χ0) is 11.4. The van der Waals surface area contributed by atoms with Crippen molar-refractivity contribution in [2.24, 2.45) is 0 Å². The van der Waals surface area contributed by atoms with Gasteiger partial charge in [-0.05, 0) is 0 Å². The standard InChI is InChI=1S/C10H28N3P/c1-8-9-10-14(11(2)3,12(4)5)13(6)7/h14H,8-10H2,1-7H3. The molecular formula is C10H28N3P. The van der Waals surface area contributed by atoms with Gasteiger partial charge in [0.15, 0.2) is 0 Å². The molecule has 0 N–H and O–H groups in total. The molecule has 88 valence electrons. The van der Waals surface area contributed by atoms with E-state index in [2.05, 4.69) is 63.2 Å². The summed E-state index contributed by atoms with van der Waals surface area (Å²) in [5.41, 5.74) is 0. The van der Waals surface area contributed by atoms with Gasteiger partial charge in [0, 0.05) is 0 Å². The average molecular weight is 221 g/mol. The van der Waals surface area contributed by atoms with Gasteiger partial charge in [-0.3, -0.25) is 0 Å². The van der Waals surface area contributed by atoms with E-state index in [0.717, 1.165) is 0 Å². The van der Waals surface area contributed by atoms with Crippen LogP contribution in [0, 0.1) is 0 Å². The zero-order valence-electron chi connectivity index (χ0n) is 11.0. The van der Waals surface area contributed by atoms with Crippen LogP contribution in [0.2, 0.25) is 0 Å². The maximum atomic E-state index is 2.43. The number of nitrogens with zero attached hydrogens (tertiary/aromatic N) is 3. The van der Waals surface area contributed by atoms with Gasteiger partial charge in [0.25, 0.3) is 0 Å². The van der Waals surface area contributed by atoms with Crippen molar-refractivity contribution in [2.45, 2.75) is 19.8 Å². The molecule has 4 heteroatoms. The van der Waals surface area contributed by atoms with E-state index in [-0.39, 0.29) is 0 Å². The molecule has 0 aliphatic heterocycles. The summed E-state index contributed by atoms with van der Waals surface area (Å²) >= 11 is 0. The van der Waals surface area contributed by atoms with Crippen molar-refractivity contribution in [1.29, 1.82) is 0 Å². The van der Waals surface area contributed by atoms with Gasteiger partial charge in [0.05, 0.1) is 0 Å². The molecule has 0 amide bonds. The average Bonchev–Trinajstić information content (AvgIpc) is 2.03. The second kappa shape index (κ2) is 6.02. The van der Waals surface area contributed by atoms with Crippen LogP contribution in [0.1, 0.15) is 19.8 Å². The fourth-order valence-corrected chi connectivity index (χ4v) is 6.85. The first-order chi connectivity index (χ1) is 6.39. The zero-order valence-corrected chi connectivity index (χ0v) is 12.0. The van der Waals surface area contributed by atoms with Crippen LogP contribution in [-0.2, 0) is 0 Å². The van der Waals surface area contributed by atoms with Crippen molar-refractivity contribution in [2.75, 3.05) is 48.4 Å². The molecule has 0 spiro atoms. The third kappa shape index (κ3) is 2.90. The first kappa shape index (κ1) is 14.3. The van der Waals surface area contributed by atoms with Crippen LogP contribution in [0.4, 0.5) is 0 Å². The van der Waals surface area contributed by atoms with Crippen LogP contribution in [0.3, 0.4) is 0 Å². The molecule has 14 heavy (non-hydrogen) atoms. The van der Waals surface area contributed by atoms with Crippen molar-refractivity contribution in [3.8, 4) is 0 Å². The summed E-state index contributed by atoms with van der Waals surface area (Å²) in [5, 5.41) is 0. The molecule has 0 radical (unpaired) electrons. The van der Waals surface area contributed by atoms with Crippen LogP contribution in [0.15, 0.2) is 0 Å². The monoisotopic (exact) mass is 221 g/mol. The molecule has 0 bridgehead atoms. The fourth-order valence-electron chi connectivity index (χ4n) is 2.28. The van der Waals surface area contributed by atoms with E-state index in [9.17, 15) is 0 Å². The summed E-state index contributed by atoms with van der Waals surface area (Å²) in [6.45, 7) is 2.26. The van der Waals surface area contributed by atoms with Gasteiger partial charge < -0.3 is 0 Å². The van der Waals surface area contributed by atoms with Crippen LogP contribution >= 0.6 is 7.71 Å². The molecule has 0 aromatic carbocycles. The van der Waals surface area contributed by atoms with E-state index < -0.39 is 7.71 Å². The van der Waals surface area contributed by atoms with Crippen molar-refractivity contribution in [1.82, 2.24) is 14.0 Å². The molecule has 0 rings (SSSR count). The van der Waals surface area contributed by atoms with Gasteiger partial charge in [-0.2, -0.15) is 0 Å². The normalized spacial score (nSPS) is 14.4. The van der Waals surface area contributed by atoms with Crippen molar-refractivity contribution in [3.05, 3.63) is 0 Å². The van der Waals surface area contributed by atoms with Crippen molar-refractivity contribution in [3.63, 3.8) is 0 Å². The molecular weight excluding hydrogens is 193 g/mol. The Labute approximate surface area is 90.6 Å². The maximum absolute atomic E-state index is 2.43. The fraction of sp³-hybridized carbons (Fsp3) is 1.00. The summed E-state index contributed by atoms with van der Waals surface area (Å²) in [4.78, 5) is 0. The molecule has 0 saturated carbocycles. The van der Waals surface area contributed by atoms with Gasteiger partial charge in [0.1, 0.15) is 0 Å². The Balaban J connectivity index is 4.76. The Hall–Kier alpha value is 0.310. The topological polar surface area (TPSA) is 9.72 Å². The Morgan fingerprint density at radius 2 is 1.14 bits per heavy atom. The minimum absolute atomic E-state index is 1.28. The number of hydrogen-bond acceptors (Lipinski definition) is 3. The Kier molecular flexibility index (Phi) is 6.15. The summed E-state index contributed by atoms with van der Waals surface area (Å²) in [6.07, 6.45) is 3.92. The first-order valence-electron chi connectivity index (χ1n) is 5.41. The van der Waals surface area contributed by atoms with E-state index >= 15 is 0 Å².